The van der Waals surface area contributed by atoms with Crippen LogP contribution in [0.1, 0.15) is 42.2 Å². The highest BCUT2D eigenvalue weighted by Gasteiger charge is 2.54. The number of rotatable bonds is 1. The maximum absolute atomic E-state index is 11.1. The number of carboxylic acids is 1. The average molecular weight is 228 g/mol. The van der Waals surface area contributed by atoms with Crippen molar-refractivity contribution in [2.24, 2.45) is 17.8 Å². The van der Waals surface area contributed by atoms with Crippen molar-refractivity contribution in [2.45, 2.75) is 31.1 Å². The van der Waals surface area contributed by atoms with Crippen LogP contribution < -0.4 is 0 Å². The molecule has 0 heterocycles. The molecule has 1 N–H and O–H groups in total. The molecule has 3 aliphatic rings. The van der Waals surface area contributed by atoms with Gasteiger partial charge in [0.15, 0.2) is 0 Å². The molecule has 0 aliphatic heterocycles. The first-order chi connectivity index (χ1) is 8.25. The Kier molecular flexibility index (Phi) is 1.78. The topological polar surface area (TPSA) is 37.3 Å². The van der Waals surface area contributed by atoms with Crippen molar-refractivity contribution in [3.05, 3.63) is 35.4 Å². The van der Waals surface area contributed by atoms with Gasteiger partial charge in [-0.1, -0.05) is 24.3 Å². The molecule has 5 atom stereocenters. The van der Waals surface area contributed by atoms with Crippen LogP contribution in [-0.2, 0) is 4.79 Å². The van der Waals surface area contributed by atoms with E-state index in [0.29, 0.717) is 17.8 Å². The largest absolute Gasteiger partial charge is 0.481 e. The van der Waals surface area contributed by atoms with Crippen molar-refractivity contribution in [2.75, 3.05) is 0 Å². The molecule has 0 spiro atoms. The molecule has 2 heteroatoms. The van der Waals surface area contributed by atoms with E-state index in [4.69, 9.17) is 5.11 Å². The molecule has 0 bridgehead atoms. The van der Waals surface area contributed by atoms with Gasteiger partial charge >= 0.3 is 5.97 Å². The molecule has 2 fully saturated rings. The number of carbonyl (C=O) groups is 1. The monoisotopic (exact) mass is 228 g/mol. The molecule has 4 rings (SSSR count). The molecule has 5 unspecified atom stereocenters. The van der Waals surface area contributed by atoms with Crippen LogP contribution in [-0.4, -0.2) is 11.1 Å². The lowest BCUT2D eigenvalue weighted by atomic mass is 9.48. The molecule has 17 heavy (non-hydrogen) atoms. The third kappa shape index (κ3) is 1.13. The zero-order valence-electron chi connectivity index (χ0n) is 9.67. The minimum Gasteiger partial charge on any atom is -0.481 e. The Balaban J connectivity index is 1.61. The summed E-state index contributed by atoms with van der Waals surface area (Å²) in [5.41, 5.74) is 3.03. The number of hydrogen-bond acceptors (Lipinski definition) is 1. The van der Waals surface area contributed by atoms with Crippen molar-refractivity contribution in [3.63, 3.8) is 0 Å². The van der Waals surface area contributed by atoms with Crippen molar-refractivity contribution in [1.82, 2.24) is 0 Å². The fourth-order valence-electron chi connectivity index (χ4n) is 4.45. The van der Waals surface area contributed by atoms with E-state index in [0.717, 1.165) is 18.8 Å². The van der Waals surface area contributed by atoms with Crippen molar-refractivity contribution < 1.29 is 9.90 Å². The minimum absolute atomic E-state index is 0.0475. The Bertz CT molecular complexity index is 493. The smallest absolute Gasteiger partial charge is 0.306 e. The first kappa shape index (κ1) is 9.69. The van der Waals surface area contributed by atoms with Crippen LogP contribution in [0.3, 0.4) is 0 Å². The van der Waals surface area contributed by atoms with Crippen LogP contribution in [0.5, 0.6) is 0 Å². The lowest BCUT2D eigenvalue weighted by Crippen LogP contribution is -2.48. The van der Waals surface area contributed by atoms with Gasteiger partial charge in [0.05, 0.1) is 5.92 Å². The predicted molar refractivity (Wildman–Crippen MR) is 63.9 cm³/mol. The summed E-state index contributed by atoms with van der Waals surface area (Å²) in [4.78, 5) is 11.1. The van der Waals surface area contributed by atoms with E-state index in [2.05, 4.69) is 24.3 Å². The van der Waals surface area contributed by atoms with E-state index in [9.17, 15) is 4.79 Å². The highest BCUT2D eigenvalue weighted by Crippen LogP contribution is 2.63. The number of hydrogen-bond donors (Lipinski definition) is 1. The fourth-order valence-corrected chi connectivity index (χ4v) is 4.45. The third-order valence-corrected chi connectivity index (χ3v) is 5.36. The molecule has 0 aromatic heterocycles. The molecule has 2 saturated carbocycles. The SMILES string of the molecule is O=C(O)C1CC2CC3c4ccccc4C3CC21. The van der Waals surface area contributed by atoms with Gasteiger partial charge in [0.1, 0.15) is 0 Å². The quantitative estimate of drug-likeness (QED) is 0.802. The lowest BCUT2D eigenvalue weighted by Gasteiger charge is -2.55. The first-order valence-corrected chi connectivity index (χ1v) is 6.57. The zero-order chi connectivity index (χ0) is 11.6. The van der Waals surface area contributed by atoms with Crippen LogP contribution in [0.15, 0.2) is 24.3 Å². The molecule has 0 radical (unpaired) electrons. The van der Waals surface area contributed by atoms with Gasteiger partial charge in [0.2, 0.25) is 0 Å². The molecule has 88 valence electrons. The Hall–Kier alpha value is -1.31. The van der Waals surface area contributed by atoms with Gasteiger partial charge in [0.25, 0.3) is 0 Å². The highest BCUT2D eigenvalue weighted by atomic mass is 16.4. The van der Waals surface area contributed by atoms with Crippen LogP contribution in [0.2, 0.25) is 0 Å². The summed E-state index contributed by atoms with van der Waals surface area (Å²) in [5, 5.41) is 9.14. The average Bonchev–Trinajstić information content (AvgIpc) is 2.27. The van der Waals surface area contributed by atoms with E-state index in [1.165, 1.54) is 17.5 Å². The Morgan fingerprint density at radius 3 is 2.35 bits per heavy atom. The van der Waals surface area contributed by atoms with Gasteiger partial charge < -0.3 is 5.11 Å². The Labute approximate surface area is 101 Å². The molecular formula is C15H16O2. The van der Waals surface area contributed by atoms with E-state index in [1.54, 1.807) is 0 Å². The van der Waals surface area contributed by atoms with Crippen molar-refractivity contribution in [1.29, 1.82) is 0 Å². The summed E-state index contributed by atoms with van der Waals surface area (Å²) in [7, 11) is 0. The van der Waals surface area contributed by atoms with E-state index < -0.39 is 5.97 Å². The number of fused-ring (bicyclic) bond motifs is 5. The molecule has 1 aromatic rings. The van der Waals surface area contributed by atoms with Crippen LogP contribution in [0.4, 0.5) is 0 Å². The van der Waals surface area contributed by atoms with Crippen LogP contribution in [0, 0.1) is 17.8 Å². The van der Waals surface area contributed by atoms with E-state index in [1.807, 2.05) is 0 Å². The Morgan fingerprint density at radius 1 is 1.06 bits per heavy atom. The highest BCUT2D eigenvalue weighted by molar-refractivity contribution is 5.72. The summed E-state index contributed by atoms with van der Waals surface area (Å²) in [5.74, 6) is 1.93. The summed E-state index contributed by atoms with van der Waals surface area (Å²) in [6, 6.07) is 8.72. The van der Waals surface area contributed by atoms with Gasteiger partial charge in [0, 0.05) is 0 Å². The molecule has 1 aromatic carbocycles. The first-order valence-electron chi connectivity index (χ1n) is 6.57. The molecule has 0 saturated heterocycles. The normalized spacial score (nSPS) is 41.3. The van der Waals surface area contributed by atoms with Gasteiger partial charge in [-0.2, -0.15) is 0 Å². The summed E-state index contributed by atoms with van der Waals surface area (Å²) in [6.07, 6.45) is 3.27. The molecule has 2 nitrogen and oxygen atoms in total. The number of aliphatic carboxylic acids is 1. The molecular weight excluding hydrogens is 212 g/mol. The summed E-state index contributed by atoms with van der Waals surface area (Å²) < 4.78 is 0. The number of carboxylic acid groups (broad SMARTS) is 1. The second kappa shape index (κ2) is 3.12. The minimum atomic E-state index is -0.572. The molecule has 0 amide bonds. The maximum Gasteiger partial charge on any atom is 0.306 e. The summed E-state index contributed by atoms with van der Waals surface area (Å²) >= 11 is 0. The van der Waals surface area contributed by atoms with Crippen LogP contribution >= 0.6 is 0 Å². The Morgan fingerprint density at radius 2 is 1.71 bits per heavy atom. The van der Waals surface area contributed by atoms with Crippen molar-refractivity contribution in [3.8, 4) is 0 Å². The van der Waals surface area contributed by atoms with E-state index in [-0.39, 0.29) is 5.92 Å². The van der Waals surface area contributed by atoms with Gasteiger partial charge in [-0.15, -0.1) is 0 Å². The van der Waals surface area contributed by atoms with Crippen molar-refractivity contribution >= 4 is 5.97 Å². The van der Waals surface area contributed by atoms with Gasteiger partial charge in [-0.25, -0.2) is 0 Å². The predicted octanol–water partition coefficient (Wildman–Crippen LogP) is 3.00. The zero-order valence-corrected chi connectivity index (χ0v) is 9.67. The standard InChI is InChI=1S/C15H16O2/c16-15(17)14-6-8-5-12-9-3-1-2-4-10(9)13(12)7-11(8)14/h1-4,8,11-14H,5-7H2,(H,16,17). The van der Waals surface area contributed by atoms with Gasteiger partial charge in [-0.3, -0.25) is 4.79 Å². The maximum atomic E-state index is 11.1. The second-order valence-corrected chi connectivity index (χ2v) is 5.92. The fraction of sp³-hybridized carbons (Fsp3) is 0.533. The molecule has 3 aliphatic carbocycles. The summed E-state index contributed by atoms with van der Waals surface area (Å²) in [6.45, 7) is 0. The number of benzene rings is 1. The van der Waals surface area contributed by atoms with Crippen LogP contribution in [0.25, 0.3) is 0 Å². The van der Waals surface area contributed by atoms with Gasteiger partial charge in [-0.05, 0) is 54.1 Å². The van der Waals surface area contributed by atoms with E-state index >= 15 is 0 Å². The third-order valence-electron chi connectivity index (χ3n) is 5.36. The lowest BCUT2D eigenvalue weighted by molar-refractivity contribution is -0.154. The second-order valence-electron chi connectivity index (χ2n) is 5.92.